The number of ether oxygens (including phenoxy) is 2. The average molecular weight is 405 g/mol. The van der Waals surface area contributed by atoms with Gasteiger partial charge in [0.05, 0.1) is 7.11 Å². The Bertz CT molecular complexity index is 1160. The molecule has 0 radical (unpaired) electrons. The molecule has 2 heterocycles. The van der Waals surface area contributed by atoms with Gasteiger partial charge in [-0.1, -0.05) is 0 Å². The molecule has 8 nitrogen and oxygen atoms in total. The maximum Gasteiger partial charge on any atom is 0.255 e. The van der Waals surface area contributed by atoms with Crippen molar-refractivity contribution in [2.75, 3.05) is 12.4 Å². The number of carbonyl (C=O) groups is 1. The number of benzene rings is 2. The standard InChI is InChI=1S/C21H16FN5O3/c1-29-18-7-2-14(10-17(18)22)21(28)26-15-3-5-16(6-4-15)30-20-11-19(24-12-25-20)27-9-8-23-13-27/h2-13H,1H3,(H,26,28). The number of nitrogens with zero attached hydrogens (tertiary/aromatic N) is 4. The zero-order valence-corrected chi connectivity index (χ0v) is 15.8. The fourth-order valence-corrected chi connectivity index (χ4v) is 2.66. The number of amides is 1. The maximum absolute atomic E-state index is 13.8. The second kappa shape index (κ2) is 8.39. The summed E-state index contributed by atoms with van der Waals surface area (Å²) >= 11 is 0. The van der Waals surface area contributed by atoms with Gasteiger partial charge in [0.2, 0.25) is 5.88 Å². The largest absolute Gasteiger partial charge is 0.494 e. The third kappa shape index (κ3) is 4.25. The smallest absolute Gasteiger partial charge is 0.255 e. The molecule has 0 saturated heterocycles. The second-order valence-corrected chi connectivity index (χ2v) is 6.11. The van der Waals surface area contributed by atoms with Gasteiger partial charge in [0.1, 0.15) is 24.2 Å². The highest BCUT2D eigenvalue weighted by molar-refractivity contribution is 6.04. The summed E-state index contributed by atoms with van der Waals surface area (Å²) in [5, 5.41) is 2.70. The molecule has 0 atom stereocenters. The first-order valence-electron chi connectivity index (χ1n) is 8.85. The van der Waals surface area contributed by atoms with E-state index < -0.39 is 11.7 Å². The number of rotatable bonds is 6. The molecule has 0 saturated carbocycles. The third-order valence-electron chi connectivity index (χ3n) is 4.15. The molecule has 1 N–H and O–H groups in total. The van der Waals surface area contributed by atoms with Crippen molar-refractivity contribution in [1.29, 1.82) is 0 Å². The van der Waals surface area contributed by atoms with Gasteiger partial charge in [-0.25, -0.2) is 19.3 Å². The molecule has 2 aromatic heterocycles. The van der Waals surface area contributed by atoms with Crippen LogP contribution in [0.25, 0.3) is 5.82 Å². The lowest BCUT2D eigenvalue weighted by Gasteiger charge is -2.09. The van der Waals surface area contributed by atoms with Crippen LogP contribution in [0.15, 0.2) is 73.6 Å². The summed E-state index contributed by atoms with van der Waals surface area (Å²) in [4.78, 5) is 24.6. The van der Waals surface area contributed by atoms with Gasteiger partial charge in [-0.15, -0.1) is 0 Å². The Balaban J connectivity index is 1.42. The summed E-state index contributed by atoms with van der Waals surface area (Å²) in [6.07, 6.45) is 6.43. The first kappa shape index (κ1) is 19.1. The van der Waals surface area contributed by atoms with Gasteiger partial charge >= 0.3 is 0 Å². The normalized spacial score (nSPS) is 10.5. The van der Waals surface area contributed by atoms with Gasteiger partial charge in [0.25, 0.3) is 5.91 Å². The SMILES string of the molecule is COc1ccc(C(=O)Nc2ccc(Oc3cc(-n4ccnc4)ncn3)cc2)cc1F. The molecule has 4 rings (SSSR count). The number of anilines is 1. The number of aromatic nitrogens is 4. The third-order valence-corrected chi connectivity index (χ3v) is 4.15. The fourth-order valence-electron chi connectivity index (χ4n) is 2.66. The van der Waals surface area contributed by atoms with Gasteiger partial charge in [0.15, 0.2) is 11.6 Å². The Morgan fingerprint density at radius 3 is 2.63 bits per heavy atom. The molecule has 0 spiro atoms. The summed E-state index contributed by atoms with van der Waals surface area (Å²) in [7, 11) is 1.36. The van der Waals surface area contributed by atoms with Gasteiger partial charge < -0.3 is 14.8 Å². The van der Waals surface area contributed by atoms with E-state index >= 15 is 0 Å². The van der Waals surface area contributed by atoms with Crippen LogP contribution in [0.5, 0.6) is 17.4 Å². The molecule has 150 valence electrons. The monoisotopic (exact) mass is 405 g/mol. The Hall–Kier alpha value is -4.27. The highest BCUT2D eigenvalue weighted by Crippen LogP contribution is 2.23. The lowest BCUT2D eigenvalue weighted by atomic mass is 10.2. The Labute approximate surface area is 171 Å². The highest BCUT2D eigenvalue weighted by Gasteiger charge is 2.11. The minimum atomic E-state index is -0.603. The molecule has 1 amide bonds. The lowest BCUT2D eigenvalue weighted by Crippen LogP contribution is -2.12. The molecule has 0 aliphatic rings. The van der Waals surface area contributed by atoms with Crippen LogP contribution in [0.3, 0.4) is 0 Å². The fraction of sp³-hybridized carbons (Fsp3) is 0.0476. The van der Waals surface area contributed by atoms with Crippen LogP contribution >= 0.6 is 0 Å². The molecular formula is C21H16FN5O3. The molecular weight excluding hydrogens is 389 g/mol. The number of nitrogens with one attached hydrogen (secondary N) is 1. The van der Waals surface area contributed by atoms with Crippen molar-refractivity contribution in [3.05, 3.63) is 85.0 Å². The van der Waals surface area contributed by atoms with Crippen molar-refractivity contribution in [2.45, 2.75) is 0 Å². The number of imidazole rings is 1. The van der Waals surface area contributed by atoms with E-state index in [1.807, 2.05) is 0 Å². The summed E-state index contributed by atoms with van der Waals surface area (Å²) < 4.78 is 26.1. The number of methoxy groups -OCH3 is 1. The van der Waals surface area contributed by atoms with Crippen molar-refractivity contribution >= 4 is 11.6 Å². The van der Waals surface area contributed by atoms with Crippen LogP contribution < -0.4 is 14.8 Å². The van der Waals surface area contributed by atoms with Crippen molar-refractivity contribution < 1.29 is 18.7 Å². The molecule has 0 aliphatic heterocycles. The van der Waals surface area contributed by atoms with Crippen LogP contribution in [0.1, 0.15) is 10.4 Å². The minimum absolute atomic E-state index is 0.0777. The van der Waals surface area contributed by atoms with E-state index in [1.54, 1.807) is 53.6 Å². The first-order valence-corrected chi connectivity index (χ1v) is 8.85. The van der Waals surface area contributed by atoms with Crippen LogP contribution in [-0.2, 0) is 0 Å². The van der Waals surface area contributed by atoms with Gasteiger partial charge in [-0.05, 0) is 42.5 Å². The minimum Gasteiger partial charge on any atom is -0.494 e. The lowest BCUT2D eigenvalue weighted by molar-refractivity contribution is 0.102. The quantitative estimate of drug-likeness (QED) is 0.524. The molecule has 0 fully saturated rings. The van der Waals surface area contributed by atoms with Gasteiger partial charge in [-0.2, -0.15) is 0 Å². The summed E-state index contributed by atoms with van der Waals surface area (Å²) in [5.74, 6) is 0.542. The van der Waals surface area contributed by atoms with Crippen LogP contribution in [0.4, 0.5) is 10.1 Å². The van der Waals surface area contributed by atoms with Crippen LogP contribution in [-0.4, -0.2) is 32.5 Å². The summed E-state index contributed by atoms with van der Waals surface area (Å²) in [5.41, 5.74) is 0.715. The predicted molar refractivity (Wildman–Crippen MR) is 107 cm³/mol. The van der Waals surface area contributed by atoms with E-state index in [2.05, 4.69) is 20.3 Å². The summed E-state index contributed by atoms with van der Waals surface area (Å²) in [6.45, 7) is 0. The van der Waals surface area contributed by atoms with Crippen LogP contribution in [0, 0.1) is 5.82 Å². The molecule has 0 bridgehead atoms. The number of carbonyl (C=O) groups excluding carboxylic acids is 1. The number of hydrogen-bond donors (Lipinski definition) is 1. The van der Waals surface area contributed by atoms with E-state index in [9.17, 15) is 9.18 Å². The topological polar surface area (TPSA) is 91.2 Å². The van der Waals surface area contributed by atoms with Gasteiger partial charge in [-0.3, -0.25) is 9.36 Å². The van der Waals surface area contributed by atoms with Crippen molar-refractivity contribution in [1.82, 2.24) is 19.5 Å². The zero-order chi connectivity index (χ0) is 20.9. The Morgan fingerprint density at radius 2 is 1.93 bits per heavy atom. The van der Waals surface area contributed by atoms with E-state index in [1.165, 1.54) is 25.6 Å². The van der Waals surface area contributed by atoms with Crippen molar-refractivity contribution in [3.63, 3.8) is 0 Å². The highest BCUT2D eigenvalue weighted by atomic mass is 19.1. The van der Waals surface area contributed by atoms with E-state index in [0.717, 1.165) is 6.07 Å². The molecule has 9 heteroatoms. The predicted octanol–water partition coefficient (Wildman–Crippen LogP) is 3.85. The molecule has 4 aromatic rings. The zero-order valence-electron chi connectivity index (χ0n) is 15.8. The molecule has 0 unspecified atom stereocenters. The second-order valence-electron chi connectivity index (χ2n) is 6.11. The first-order chi connectivity index (χ1) is 14.6. The molecule has 2 aromatic carbocycles. The van der Waals surface area contributed by atoms with Crippen molar-refractivity contribution in [2.24, 2.45) is 0 Å². The number of halogens is 1. The Kier molecular flexibility index (Phi) is 5.33. The molecule has 30 heavy (non-hydrogen) atoms. The molecule has 0 aliphatic carbocycles. The number of hydrogen-bond acceptors (Lipinski definition) is 6. The summed E-state index contributed by atoms with van der Waals surface area (Å²) in [6, 6.07) is 12.4. The van der Waals surface area contributed by atoms with Crippen LogP contribution in [0.2, 0.25) is 0 Å². The van der Waals surface area contributed by atoms with Crippen molar-refractivity contribution in [3.8, 4) is 23.2 Å². The Morgan fingerprint density at radius 1 is 1.10 bits per heavy atom. The van der Waals surface area contributed by atoms with Gasteiger partial charge in [0, 0.05) is 29.7 Å². The van der Waals surface area contributed by atoms with E-state index in [-0.39, 0.29) is 11.3 Å². The van der Waals surface area contributed by atoms with E-state index in [0.29, 0.717) is 23.1 Å². The average Bonchev–Trinajstić information content (AvgIpc) is 3.30. The maximum atomic E-state index is 13.8. The van der Waals surface area contributed by atoms with E-state index in [4.69, 9.17) is 9.47 Å².